The van der Waals surface area contributed by atoms with Crippen molar-refractivity contribution >= 4 is 15.7 Å². The van der Waals surface area contributed by atoms with Crippen LogP contribution in [0.25, 0.3) is 0 Å². The van der Waals surface area contributed by atoms with E-state index in [4.69, 9.17) is 10.8 Å². The fourth-order valence-electron chi connectivity index (χ4n) is 1.35. The summed E-state index contributed by atoms with van der Waals surface area (Å²) in [5, 5.41) is 9.16. The minimum atomic E-state index is -3.62. The Hall–Kier alpha value is -1.11. The molecule has 0 radical (unpaired) electrons. The zero-order valence-corrected chi connectivity index (χ0v) is 10.1. The Morgan fingerprint density at radius 2 is 2.00 bits per heavy atom. The molecule has 1 rings (SSSR count). The van der Waals surface area contributed by atoms with Crippen molar-refractivity contribution in [3.8, 4) is 0 Å². The number of rotatable bonds is 4. The topological polar surface area (TPSA) is 83.6 Å². The van der Waals surface area contributed by atoms with Gasteiger partial charge in [0.05, 0.1) is 11.8 Å². The highest BCUT2D eigenvalue weighted by atomic mass is 32.2. The van der Waals surface area contributed by atoms with E-state index in [9.17, 15) is 8.42 Å². The standard InChI is InChI=1S/C10H16N2O3S/c1-8(13)7-12(2)16(14,15)10-6-4-3-5-9(10)11/h3-6,8,13H,7,11H2,1-2H3. The van der Waals surface area contributed by atoms with Gasteiger partial charge in [-0.3, -0.25) is 0 Å². The number of likely N-dealkylation sites (N-methyl/N-ethyl adjacent to an activating group) is 1. The molecule has 0 heterocycles. The molecule has 0 aliphatic carbocycles. The summed E-state index contributed by atoms with van der Waals surface area (Å²) in [5.74, 6) is 0. The van der Waals surface area contributed by atoms with Crippen LogP contribution in [0.4, 0.5) is 5.69 Å². The van der Waals surface area contributed by atoms with Crippen LogP contribution in [-0.4, -0.2) is 37.5 Å². The second kappa shape index (κ2) is 4.82. The van der Waals surface area contributed by atoms with Crippen molar-refractivity contribution in [1.82, 2.24) is 4.31 Å². The number of para-hydroxylation sites is 1. The van der Waals surface area contributed by atoms with Gasteiger partial charge in [-0.2, -0.15) is 4.31 Å². The molecule has 0 spiro atoms. The Balaban J connectivity index is 3.08. The number of hydrogen-bond acceptors (Lipinski definition) is 4. The summed E-state index contributed by atoms with van der Waals surface area (Å²) < 4.78 is 25.1. The number of hydrogen-bond donors (Lipinski definition) is 2. The monoisotopic (exact) mass is 244 g/mol. The molecule has 1 atom stereocenters. The van der Waals surface area contributed by atoms with Gasteiger partial charge < -0.3 is 10.8 Å². The first kappa shape index (κ1) is 13.0. The fraction of sp³-hybridized carbons (Fsp3) is 0.400. The van der Waals surface area contributed by atoms with Gasteiger partial charge in [0.15, 0.2) is 0 Å². The molecule has 0 saturated heterocycles. The molecule has 0 amide bonds. The van der Waals surface area contributed by atoms with E-state index in [0.717, 1.165) is 4.31 Å². The molecule has 0 bridgehead atoms. The number of aliphatic hydroxyl groups is 1. The second-order valence-corrected chi connectivity index (χ2v) is 5.69. The van der Waals surface area contributed by atoms with Crippen LogP contribution < -0.4 is 5.73 Å². The molecular weight excluding hydrogens is 228 g/mol. The molecule has 6 heteroatoms. The van der Waals surface area contributed by atoms with Gasteiger partial charge in [0.2, 0.25) is 10.0 Å². The van der Waals surface area contributed by atoms with Crippen molar-refractivity contribution < 1.29 is 13.5 Å². The van der Waals surface area contributed by atoms with Crippen LogP contribution >= 0.6 is 0 Å². The molecule has 5 nitrogen and oxygen atoms in total. The van der Waals surface area contributed by atoms with E-state index in [1.54, 1.807) is 12.1 Å². The minimum absolute atomic E-state index is 0.0384. The van der Waals surface area contributed by atoms with Crippen molar-refractivity contribution in [2.45, 2.75) is 17.9 Å². The maximum Gasteiger partial charge on any atom is 0.244 e. The van der Waals surface area contributed by atoms with Crippen molar-refractivity contribution in [3.05, 3.63) is 24.3 Å². The molecule has 3 N–H and O–H groups in total. The molecule has 0 fully saturated rings. The van der Waals surface area contributed by atoms with Gasteiger partial charge in [-0.05, 0) is 19.1 Å². The average Bonchev–Trinajstić information content (AvgIpc) is 2.16. The quantitative estimate of drug-likeness (QED) is 0.745. The smallest absolute Gasteiger partial charge is 0.244 e. The van der Waals surface area contributed by atoms with Crippen LogP contribution in [0.15, 0.2) is 29.2 Å². The number of nitrogens with zero attached hydrogens (tertiary/aromatic N) is 1. The number of sulfonamides is 1. The van der Waals surface area contributed by atoms with Crippen LogP contribution in [0.2, 0.25) is 0 Å². The first-order valence-corrected chi connectivity index (χ1v) is 6.28. The molecule has 1 unspecified atom stereocenters. The maximum absolute atomic E-state index is 12.0. The van der Waals surface area contributed by atoms with Crippen LogP contribution in [0.3, 0.4) is 0 Å². The molecule has 0 aliphatic rings. The van der Waals surface area contributed by atoms with Gasteiger partial charge in [-0.15, -0.1) is 0 Å². The van der Waals surface area contributed by atoms with Gasteiger partial charge in [0.25, 0.3) is 0 Å². The molecule has 16 heavy (non-hydrogen) atoms. The SMILES string of the molecule is CC(O)CN(C)S(=O)(=O)c1ccccc1N. The van der Waals surface area contributed by atoms with Crippen molar-refractivity contribution in [2.24, 2.45) is 0 Å². The van der Waals surface area contributed by atoms with E-state index in [-0.39, 0.29) is 17.1 Å². The number of benzene rings is 1. The maximum atomic E-state index is 12.0. The lowest BCUT2D eigenvalue weighted by Gasteiger charge is -2.19. The second-order valence-electron chi connectivity index (χ2n) is 3.67. The summed E-state index contributed by atoms with van der Waals surface area (Å²) in [7, 11) is -2.21. The zero-order chi connectivity index (χ0) is 12.3. The fourth-order valence-corrected chi connectivity index (χ4v) is 2.72. The van der Waals surface area contributed by atoms with Crippen LogP contribution in [-0.2, 0) is 10.0 Å². The summed E-state index contributed by atoms with van der Waals surface area (Å²) in [4.78, 5) is 0.0677. The third-order valence-electron chi connectivity index (χ3n) is 2.13. The highest BCUT2D eigenvalue weighted by Crippen LogP contribution is 2.20. The van der Waals surface area contributed by atoms with Gasteiger partial charge >= 0.3 is 0 Å². The number of nitrogen functional groups attached to an aromatic ring is 1. The Kier molecular flexibility index (Phi) is 3.90. The normalized spacial score (nSPS) is 14.0. The summed E-state index contributed by atoms with van der Waals surface area (Å²) in [6.45, 7) is 1.57. The molecule has 0 aromatic heterocycles. The summed E-state index contributed by atoms with van der Waals surface area (Å²) in [6.07, 6.45) is -0.718. The van der Waals surface area contributed by atoms with E-state index >= 15 is 0 Å². The first-order valence-electron chi connectivity index (χ1n) is 4.84. The zero-order valence-electron chi connectivity index (χ0n) is 9.29. The van der Waals surface area contributed by atoms with Gasteiger partial charge in [0, 0.05) is 13.6 Å². The van der Waals surface area contributed by atoms with Crippen molar-refractivity contribution in [1.29, 1.82) is 0 Å². The molecule has 1 aromatic carbocycles. The first-order chi connectivity index (χ1) is 7.35. The lowest BCUT2D eigenvalue weighted by molar-refractivity contribution is 0.171. The Bertz CT molecular complexity index is 457. The number of anilines is 1. The van der Waals surface area contributed by atoms with Gasteiger partial charge in [-0.1, -0.05) is 12.1 Å². The lowest BCUT2D eigenvalue weighted by Crippen LogP contribution is -2.33. The van der Waals surface area contributed by atoms with Crippen LogP contribution in [0.5, 0.6) is 0 Å². The predicted octanol–water partition coefficient (Wildman–Crippen LogP) is 0.270. The third-order valence-corrected chi connectivity index (χ3v) is 4.03. The van der Waals surface area contributed by atoms with E-state index in [1.165, 1.54) is 26.1 Å². The molecular formula is C10H16N2O3S. The van der Waals surface area contributed by atoms with Crippen molar-refractivity contribution in [3.63, 3.8) is 0 Å². The highest BCUT2D eigenvalue weighted by Gasteiger charge is 2.23. The Morgan fingerprint density at radius 3 is 2.50 bits per heavy atom. The van der Waals surface area contributed by atoms with Gasteiger partial charge in [-0.25, -0.2) is 8.42 Å². The minimum Gasteiger partial charge on any atom is -0.398 e. The van der Waals surface area contributed by atoms with Crippen LogP contribution in [0, 0.1) is 0 Å². The molecule has 0 aliphatic heterocycles. The van der Waals surface area contributed by atoms with Crippen LogP contribution in [0.1, 0.15) is 6.92 Å². The summed E-state index contributed by atoms with van der Waals surface area (Å²) >= 11 is 0. The summed E-state index contributed by atoms with van der Waals surface area (Å²) in [5.41, 5.74) is 5.82. The predicted molar refractivity (Wildman–Crippen MR) is 62.4 cm³/mol. The summed E-state index contributed by atoms with van der Waals surface area (Å²) in [6, 6.07) is 6.26. The van der Waals surface area contributed by atoms with E-state index in [1.807, 2.05) is 0 Å². The van der Waals surface area contributed by atoms with E-state index < -0.39 is 16.1 Å². The van der Waals surface area contributed by atoms with Gasteiger partial charge in [0.1, 0.15) is 4.90 Å². The number of aliphatic hydroxyl groups excluding tert-OH is 1. The molecule has 1 aromatic rings. The average molecular weight is 244 g/mol. The highest BCUT2D eigenvalue weighted by molar-refractivity contribution is 7.89. The Morgan fingerprint density at radius 1 is 1.44 bits per heavy atom. The Labute approximate surface area is 95.5 Å². The lowest BCUT2D eigenvalue weighted by atomic mass is 10.3. The van der Waals surface area contributed by atoms with Crippen molar-refractivity contribution in [2.75, 3.05) is 19.3 Å². The van der Waals surface area contributed by atoms with E-state index in [2.05, 4.69) is 0 Å². The largest absolute Gasteiger partial charge is 0.398 e. The number of nitrogens with two attached hydrogens (primary N) is 1. The van der Waals surface area contributed by atoms with E-state index in [0.29, 0.717) is 0 Å². The molecule has 0 saturated carbocycles. The third kappa shape index (κ3) is 2.72. The molecule has 90 valence electrons.